The van der Waals surface area contributed by atoms with E-state index in [1.165, 1.54) is 18.4 Å². The number of aryl methyl sites for hydroxylation is 2. The Hall–Kier alpha value is -2.55. The molecule has 0 radical (unpaired) electrons. The second-order valence-electron chi connectivity index (χ2n) is 6.31. The van der Waals surface area contributed by atoms with Crippen molar-refractivity contribution in [3.8, 4) is 0 Å². The Balaban J connectivity index is 1.66. The predicted octanol–water partition coefficient (Wildman–Crippen LogP) is 4.70. The predicted molar refractivity (Wildman–Crippen MR) is 100 cm³/mol. The van der Waals surface area contributed by atoms with Crippen molar-refractivity contribution in [2.24, 2.45) is 7.05 Å². The van der Waals surface area contributed by atoms with Gasteiger partial charge < -0.3 is 9.88 Å². The highest BCUT2D eigenvalue weighted by Crippen LogP contribution is 2.21. The van der Waals surface area contributed by atoms with Crippen molar-refractivity contribution in [3.63, 3.8) is 0 Å². The lowest BCUT2D eigenvalue weighted by Gasteiger charge is -2.06. The van der Waals surface area contributed by atoms with Crippen molar-refractivity contribution in [1.82, 2.24) is 4.57 Å². The zero-order chi connectivity index (χ0) is 16.9. The molecule has 0 aliphatic rings. The van der Waals surface area contributed by atoms with Gasteiger partial charge in [-0.25, -0.2) is 0 Å². The first-order valence-electron chi connectivity index (χ1n) is 8.59. The van der Waals surface area contributed by atoms with Crippen molar-refractivity contribution in [1.29, 1.82) is 0 Å². The van der Waals surface area contributed by atoms with Gasteiger partial charge in [-0.3, -0.25) is 4.79 Å². The molecule has 2 aromatic carbocycles. The summed E-state index contributed by atoms with van der Waals surface area (Å²) >= 11 is 0. The molecule has 0 bridgehead atoms. The minimum Gasteiger partial charge on any atom is -0.350 e. The third-order valence-corrected chi connectivity index (χ3v) is 4.39. The second kappa shape index (κ2) is 7.35. The van der Waals surface area contributed by atoms with E-state index in [0.29, 0.717) is 6.42 Å². The number of aromatic nitrogens is 1. The van der Waals surface area contributed by atoms with E-state index < -0.39 is 0 Å². The third-order valence-electron chi connectivity index (χ3n) is 4.39. The van der Waals surface area contributed by atoms with Crippen LogP contribution in [0.1, 0.15) is 30.9 Å². The van der Waals surface area contributed by atoms with Crippen molar-refractivity contribution in [3.05, 3.63) is 65.9 Å². The number of carbonyl (C=O) groups excluding carboxylic acids is 1. The summed E-state index contributed by atoms with van der Waals surface area (Å²) in [4.78, 5) is 12.4. The van der Waals surface area contributed by atoms with Crippen LogP contribution in [0.25, 0.3) is 10.9 Å². The number of nitrogens with one attached hydrogen (secondary N) is 1. The van der Waals surface area contributed by atoms with Crippen molar-refractivity contribution in [2.45, 2.75) is 32.6 Å². The SMILES string of the molecule is CCCCc1ccc(NC(=O)Cc2cn(C)c3ccccc23)cc1. The van der Waals surface area contributed by atoms with Crippen LogP contribution in [0.5, 0.6) is 0 Å². The molecule has 3 nitrogen and oxygen atoms in total. The Bertz CT molecular complexity index is 831. The first-order valence-corrected chi connectivity index (χ1v) is 8.59. The van der Waals surface area contributed by atoms with E-state index in [0.717, 1.165) is 28.6 Å². The molecule has 0 saturated carbocycles. The number of nitrogens with zero attached hydrogens (tertiary/aromatic N) is 1. The number of fused-ring (bicyclic) bond motifs is 1. The zero-order valence-electron chi connectivity index (χ0n) is 14.4. The van der Waals surface area contributed by atoms with E-state index in [2.05, 4.69) is 41.1 Å². The van der Waals surface area contributed by atoms with E-state index in [1.807, 2.05) is 37.5 Å². The Morgan fingerprint density at radius 3 is 2.58 bits per heavy atom. The minimum absolute atomic E-state index is 0.0210. The van der Waals surface area contributed by atoms with Gasteiger partial charge in [0.05, 0.1) is 6.42 Å². The van der Waals surface area contributed by atoms with E-state index in [1.54, 1.807) is 0 Å². The highest BCUT2D eigenvalue weighted by atomic mass is 16.1. The van der Waals surface area contributed by atoms with Crippen LogP contribution in [-0.4, -0.2) is 10.5 Å². The van der Waals surface area contributed by atoms with Gasteiger partial charge in [-0.05, 0) is 42.2 Å². The molecule has 24 heavy (non-hydrogen) atoms. The maximum Gasteiger partial charge on any atom is 0.228 e. The van der Waals surface area contributed by atoms with Crippen LogP contribution in [0.2, 0.25) is 0 Å². The standard InChI is InChI=1S/C21H24N2O/c1-3-4-7-16-10-12-18(13-11-16)22-21(24)14-17-15-23(2)20-9-6-5-8-19(17)20/h5-6,8-13,15H,3-4,7,14H2,1-2H3,(H,22,24). The quantitative estimate of drug-likeness (QED) is 0.701. The number of unbranched alkanes of at least 4 members (excludes halogenated alkanes) is 1. The van der Waals surface area contributed by atoms with Gasteiger partial charge in [0.15, 0.2) is 0 Å². The van der Waals surface area contributed by atoms with Gasteiger partial charge in [0.25, 0.3) is 0 Å². The van der Waals surface area contributed by atoms with Crippen LogP contribution < -0.4 is 5.32 Å². The minimum atomic E-state index is 0.0210. The molecule has 0 aliphatic heterocycles. The summed E-state index contributed by atoms with van der Waals surface area (Å²) in [6, 6.07) is 16.4. The molecule has 0 aliphatic carbocycles. The molecular weight excluding hydrogens is 296 g/mol. The summed E-state index contributed by atoms with van der Waals surface area (Å²) in [6.45, 7) is 2.20. The first kappa shape index (κ1) is 16.3. The summed E-state index contributed by atoms with van der Waals surface area (Å²) in [5.74, 6) is 0.0210. The van der Waals surface area contributed by atoms with Gasteiger partial charge in [-0.2, -0.15) is 0 Å². The molecule has 0 fully saturated rings. The van der Waals surface area contributed by atoms with Gasteiger partial charge in [0, 0.05) is 29.8 Å². The van der Waals surface area contributed by atoms with Crippen molar-refractivity contribution < 1.29 is 4.79 Å². The van der Waals surface area contributed by atoms with Crippen LogP contribution in [0.15, 0.2) is 54.7 Å². The maximum atomic E-state index is 12.4. The summed E-state index contributed by atoms with van der Waals surface area (Å²) in [5, 5.41) is 4.14. The number of rotatable bonds is 6. The molecule has 3 heteroatoms. The number of para-hydroxylation sites is 1. The summed E-state index contributed by atoms with van der Waals surface area (Å²) in [7, 11) is 2.01. The Morgan fingerprint density at radius 2 is 1.83 bits per heavy atom. The van der Waals surface area contributed by atoms with Crippen LogP contribution in [0.3, 0.4) is 0 Å². The lowest BCUT2D eigenvalue weighted by atomic mass is 10.1. The maximum absolute atomic E-state index is 12.4. The Kier molecular flexibility index (Phi) is 4.99. The molecule has 1 amide bonds. The van der Waals surface area contributed by atoms with Crippen LogP contribution in [0, 0.1) is 0 Å². The highest BCUT2D eigenvalue weighted by Gasteiger charge is 2.10. The fourth-order valence-electron chi connectivity index (χ4n) is 3.08. The van der Waals surface area contributed by atoms with Gasteiger partial charge >= 0.3 is 0 Å². The molecule has 1 aromatic heterocycles. The van der Waals surface area contributed by atoms with Gasteiger partial charge in [-0.15, -0.1) is 0 Å². The molecule has 3 rings (SSSR count). The van der Waals surface area contributed by atoms with Crippen molar-refractivity contribution >= 4 is 22.5 Å². The average Bonchev–Trinajstić information content (AvgIpc) is 2.90. The summed E-state index contributed by atoms with van der Waals surface area (Å²) in [5.41, 5.74) is 4.40. The largest absolute Gasteiger partial charge is 0.350 e. The lowest BCUT2D eigenvalue weighted by molar-refractivity contribution is -0.115. The van der Waals surface area contributed by atoms with Crippen molar-refractivity contribution in [2.75, 3.05) is 5.32 Å². The van der Waals surface area contributed by atoms with E-state index >= 15 is 0 Å². The van der Waals surface area contributed by atoms with Gasteiger partial charge in [0.2, 0.25) is 5.91 Å². The molecule has 3 aromatic rings. The van der Waals surface area contributed by atoms with Gasteiger partial charge in [-0.1, -0.05) is 43.7 Å². The number of hydrogen-bond acceptors (Lipinski definition) is 1. The number of hydrogen-bond donors (Lipinski definition) is 1. The van der Waals surface area contributed by atoms with E-state index in [-0.39, 0.29) is 5.91 Å². The summed E-state index contributed by atoms with van der Waals surface area (Å²) in [6.07, 6.45) is 5.92. The topological polar surface area (TPSA) is 34.0 Å². The number of anilines is 1. The molecule has 1 N–H and O–H groups in total. The molecule has 0 unspecified atom stereocenters. The zero-order valence-corrected chi connectivity index (χ0v) is 14.4. The fourth-order valence-corrected chi connectivity index (χ4v) is 3.08. The fraction of sp³-hybridized carbons (Fsp3) is 0.286. The number of benzene rings is 2. The van der Waals surface area contributed by atoms with Gasteiger partial charge in [0.1, 0.15) is 0 Å². The number of carbonyl (C=O) groups is 1. The smallest absolute Gasteiger partial charge is 0.228 e. The molecule has 0 atom stereocenters. The van der Waals surface area contributed by atoms with Crippen LogP contribution >= 0.6 is 0 Å². The van der Waals surface area contributed by atoms with Crippen LogP contribution in [-0.2, 0) is 24.7 Å². The number of amides is 1. The molecule has 124 valence electrons. The lowest BCUT2D eigenvalue weighted by Crippen LogP contribution is -2.14. The third kappa shape index (κ3) is 3.67. The molecule has 0 spiro atoms. The molecule has 0 saturated heterocycles. The second-order valence-corrected chi connectivity index (χ2v) is 6.31. The molecule has 1 heterocycles. The Morgan fingerprint density at radius 1 is 1.08 bits per heavy atom. The van der Waals surface area contributed by atoms with E-state index in [9.17, 15) is 4.79 Å². The highest BCUT2D eigenvalue weighted by molar-refractivity contribution is 5.95. The van der Waals surface area contributed by atoms with E-state index in [4.69, 9.17) is 0 Å². The first-order chi connectivity index (χ1) is 11.7. The Labute approximate surface area is 143 Å². The average molecular weight is 320 g/mol. The monoisotopic (exact) mass is 320 g/mol. The molecular formula is C21H24N2O. The summed E-state index contributed by atoms with van der Waals surface area (Å²) < 4.78 is 2.07. The van der Waals surface area contributed by atoms with Crippen LogP contribution in [0.4, 0.5) is 5.69 Å². The normalized spacial score (nSPS) is 10.9.